The second-order valence-electron chi connectivity index (χ2n) is 9.20. The van der Waals surface area contributed by atoms with Gasteiger partial charge in [-0.15, -0.1) is 0 Å². The Balaban J connectivity index is 1.63. The molecule has 1 spiro atoms. The van der Waals surface area contributed by atoms with Crippen molar-refractivity contribution < 1.29 is 9.90 Å². The van der Waals surface area contributed by atoms with Gasteiger partial charge in [-0.25, -0.2) is 4.98 Å². The van der Waals surface area contributed by atoms with Gasteiger partial charge in [0.2, 0.25) is 0 Å². The Morgan fingerprint density at radius 1 is 1.26 bits per heavy atom. The number of imidazole rings is 1. The molecule has 2 fully saturated rings. The summed E-state index contributed by atoms with van der Waals surface area (Å²) < 4.78 is 2.18. The fraction of sp³-hybridized carbons (Fsp3) is 0.810. The van der Waals surface area contributed by atoms with Gasteiger partial charge in [-0.05, 0) is 58.7 Å². The van der Waals surface area contributed by atoms with Crippen molar-refractivity contribution in [2.75, 3.05) is 32.7 Å². The van der Waals surface area contributed by atoms with Crippen LogP contribution in [0.3, 0.4) is 0 Å². The molecule has 3 heterocycles. The molecule has 27 heavy (non-hydrogen) atoms. The predicted octanol–water partition coefficient (Wildman–Crippen LogP) is 2.68. The summed E-state index contributed by atoms with van der Waals surface area (Å²) in [6, 6.07) is 0. The van der Waals surface area contributed by atoms with Crippen molar-refractivity contribution in [3.05, 3.63) is 17.2 Å². The molecule has 0 amide bonds. The molecule has 1 aromatic heterocycles. The zero-order valence-corrected chi connectivity index (χ0v) is 17.7. The summed E-state index contributed by atoms with van der Waals surface area (Å²) in [5.74, 6) is 0.951. The number of carboxylic acid groups (broad SMARTS) is 1. The Morgan fingerprint density at radius 3 is 2.44 bits per heavy atom. The first-order valence-corrected chi connectivity index (χ1v) is 10.4. The number of piperidine rings is 1. The Bertz CT molecular complexity index is 674. The second kappa shape index (κ2) is 7.92. The van der Waals surface area contributed by atoms with E-state index in [1.807, 2.05) is 0 Å². The highest BCUT2D eigenvalue weighted by Gasteiger charge is 2.51. The van der Waals surface area contributed by atoms with Crippen LogP contribution in [-0.2, 0) is 18.4 Å². The second-order valence-corrected chi connectivity index (χ2v) is 9.20. The van der Waals surface area contributed by atoms with Crippen LogP contribution >= 0.6 is 0 Å². The van der Waals surface area contributed by atoms with E-state index < -0.39 is 5.97 Å². The van der Waals surface area contributed by atoms with Gasteiger partial charge in [0.05, 0.1) is 18.2 Å². The molecule has 152 valence electrons. The van der Waals surface area contributed by atoms with Crippen molar-refractivity contribution in [1.82, 2.24) is 19.4 Å². The summed E-state index contributed by atoms with van der Waals surface area (Å²) in [6.07, 6.45) is 3.10. The lowest BCUT2D eigenvalue weighted by Gasteiger charge is -2.41. The van der Waals surface area contributed by atoms with Gasteiger partial charge < -0.3 is 14.6 Å². The topological polar surface area (TPSA) is 61.6 Å². The molecule has 0 aromatic carbocycles. The van der Waals surface area contributed by atoms with E-state index in [1.165, 1.54) is 5.69 Å². The molecule has 2 aliphatic rings. The monoisotopic (exact) mass is 376 g/mol. The molecular formula is C21H36N4O2. The van der Waals surface area contributed by atoms with Crippen LogP contribution in [0.1, 0.15) is 50.3 Å². The Morgan fingerprint density at radius 2 is 1.93 bits per heavy atom. The minimum Gasteiger partial charge on any atom is -0.481 e. The first-order valence-electron chi connectivity index (χ1n) is 10.4. The van der Waals surface area contributed by atoms with Gasteiger partial charge in [0.15, 0.2) is 0 Å². The van der Waals surface area contributed by atoms with Crippen LogP contribution in [0.2, 0.25) is 0 Å². The quantitative estimate of drug-likeness (QED) is 0.827. The third-order valence-electron chi connectivity index (χ3n) is 6.97. The van der Waals surface area contributed by atoms with E-state index in [1.54, 1.807) is 0 Å². The van der Waals surface area contributed by atoms with E-state index in [-0.39, 0.29) is 11.3 Å². The van der Waals surface area contributed by atoms with Gasteiger partial charge in [0.25, 0.3) is 0 Å². The SMILES string of the molecule is Cc1nc(CN2CCC3(CC2)CN(CCC(C)C)CC3C(=O)O)n(C)c1C. The summed E-state index contributed by atoms with van der Waals surface area (Å²) in [5.41, 5.74) is 2.27. The Kier molecular flexibility index (Phi) is 5.96. The summed E-state index contributed by atoms with van der Waals surface area (Å²) in [6.45, 7) is 14.1. The molecule has 0 saturated carbocycles. The van der Waals surface area contributed by atoms with Gasteiger partial charge in [0, 0.05) is 31.2 Å². The van der Waals surface area contributed by atoms with Gasteiger partial charge in [0.1, 0.15) is 5.82 Å². The first-order chi connectivity index (χ1) is 12.7. The minimum atomic E-state index is -0.606. The van der Waals surface area contributed by atoms with Crippen LogP contribution in [0.25, 0.3) is 0 Å². The van der Waals surface area contributed by atoms with E-state index in [4.69, 9.17) is 4.98 Å². The molecule has 0 radical (unpaired) electrons. The van der Waals surface area contributed by atoms with Crippen molar-refractivity contribution in [2.24, 2.45) is 24.3 Å². The largest absolute Gasteiger partial charge is 0.481 e. The van der Waals surface area contributed by atoms with Crippen LogP contribution in [0.4, 0.5) is 0 Å². The van der Waals surface area contributed by atoms with Gasteiger partial charge >= 0.3 is 5.97 Å². The number of likely N-dealkylation sites (tertiary alicyclic amines) is 2. The zero-order chi connectivity index (χ0) is 19.8. The summed E-state index contributed by atoms with van der Waals surface area (Å²) in [4.78, 5) is 21.5. The molecule has 6 heteroatoms. The molecule has 2 aliphatic heterocycles. The zero-order valence-electron chi connectivity index (χ0n) is 17.7. The number of carbonyl (C=O) groups is 1. The maximum Gasteiger partial charge on any atom is 0.308 e. The molecule has 1 aromatic rings. The molecule has 2 saturated heterocycles. The fourth-order valence-electron chi connectivity index (χ4n) is 4.81. The van der Waals surface area contributed by atoms with Crippen molar-refractivity contribution in [3.8, 4) is 0 Å². The standard InChI is InChI=1S/C21H36N4O2/c1-15(2)6-9-25-12-18(20(26)27)21(14-25)7-10-24(11-8-21)13-19-22-16(3)17(4)23(19)5/h15,18H,6-14H2,1-5H3,(H,26,27). The third-order valence-corrected chi connectivity index (χ3v) is 6.97. The average molecular weight is 377 g/mol. The summed E-state index contributed by atoms with van der Waals surface area (Å²) >= 11 is 0. The number of hydrogen-bond donors (Lipinski definition) is 1. The molecule has 6 nitrogen and oxygen atoms in total. The number of nitrogens with zero attached hydrogens (tertiary/aromatic N) is 4. The Hall–Kier alpha value is -1.40. The fourth-order valence-corrected chi connectivity index (χ4v) is 4.81. The van der Waals surface area contributed by atoms with Crippen LogP contribution in [0, 0.1) is 31.1 Å². The van der Waals surface area contributed by atoms with Crippen LogP contribution in [-0.4, -0.2) is 63.2 Å². The molecule has 0 aliphatic carbocycles. The minimum absolute atomic E-state index is 0.0488. The third kappa shape index (κ3) is 4.21. The van der Waals surface area contributed by atoms with Gasteiger partial charge in [-0.1, -0.05) is 13.8 Å². The van der Waals surface area contributed by atoms with E-state index in [0.717, 1.165) is 70.0 Å². The molecule has 1 atom stereocenters. The number of aryl methyl sites for hydroxylation is 1. The molecule has 3 rings (SSSR count). The highest BCUT2D eigenvalue weighted by Crippen LogP contribution is 2.45. The molecule has 1 unspecified atom stereocenters. The predicted molar refractivity (Wildman–Crippen MR) is 107 cm³/mol. The summed E-state index contributed by atoms with van der Waals surface area (Å²) in [7, 11) is 2.08. The van der Waals surface area contributed by atoms with Crippen LogP contribution in [0.5, 0.6) is 0 Å². The maximum absolute atomic E-state index is 12.0. The molecular weight excluding hydrogens is 340 g/mol. The molecule has 1 N–H and O–H groups in total. The van der Waals surface area contributed by atoms with Crippen LogP contribution < -0.4 is 0 Å². The highest BCUT2D eigenvalue weighted by atomic mass is 16.4. The van der Waals surface area contributed by atoms with Crippen molar-refractivity contribution in [3.63, 3.8) is 0 Å². The lowest BCUT2D eigenvalue weighted by atomic mass is 9.71. The molecule has 0 bridgehead atoms. The van der Waals surface area contributed by atoms with E-state index in [9.17, 15) is 9.90 Å². The van der Waals surface area contributed by atoms with Gasteiger partial charge in [-0.2, -0.15) is 0 Å². The Labute approximate surface area is 163 Å². The van der Waals surface area contributed by atoms with E-state index >= 15 is 0 Å². The number of rotatable bonds is 6. The van der Waals surface area contributed by atoms with Crippen molar-refractivity contribution >= 4 is 5.97 Å². The number of aliphatic carboxylic acids is 1. The average Bonchev–Trinajstić information content (AvgIpc) is 3.09. The van der Waals surface area contributed by atoms with E-state index in [2.05, 4.69) is 49.1 Å². The highest BCUT2D eigenvalue weighted by molar-refractivity contribution is 5.72. The van der Waals surface area contributed by atoms with Crippen LogP contribution in [0.15, 0.2) is 0 Å². The first kappa shape index (κ1) is 20.3. The number of aromatic nitrogens is 2. The van der Waals surface area contributed by atoms with Crippen molar-refractivity contribution in [1.29, 1.82) is 0 Å². The lowest BCUT2D eigenvalue weighted by molar-refractivity contribution is -0.146. The number of hydrogen-bond acceptors (Lipinski definition) is 4. The summed E-state index contributed by atoms with van der Waals surface area (Å²) in [5, 5.41) is 9.84. The smallest absolute Gasteiger partial charge is 0.308 e. The number of carboxylic acids is 1. The lowest BCUT2D eigenvalue weighted by Crippen LogP contribution is -2.46. The van der Waals surface area contributed by atoms with E-state index in [0.29, 0.717) is 5.92 Å². The van der Waals surface area contributed by atoms with Gasteiger partial charge in [-0.3, -0.25) is 9.69 Å². The van der Waals surface area contributed by atoms with Crippen molar-refractivity contribution in [2.45, 2.75) is 53.5 Å². The maximum atomic E-state index is 12.0. The normalized spacial score (nSPS) is 23.6.